The smallest absolute Gasteiger partial charge is 0.491 e. The molecule has 0 saturated carbocycles. The molecule has 0 aliphatic carbocycles. The molecule has 0 aromatic heterocycles. The van der Waals surface area contributed by atoms with Gasteiger partial charge in [-0.05, 0) is 45.3 Å². The van der Waals surface area contributed by atoms with E-state index in [1.807, 2.05) is 52.0 Å². The Morgan fingerprint density at radius 1 is 0.920 bits per heavy atom. The molecule has 1 aliphatic rings. The molecule has 25 heavy (non-hydrogen) atoms. The fraction of sp³-hybridized carbons (Fsp3) is 0.611. The van der Waals surface area contributed by atoms with Crippen molar-refractivity contribution in [2.24, 2.45) is 0 Å². The van der Waals surface area contributed by atoms with Crippen LogP contribution in [-0.2, 0) is 23.6 Å². The minimum Gasteiger partial charge on any atom is -0.491 e. The van der Waals surface area contributed by atoms with Gasteiger partial charge in [0.05, 0.1) is 31.0 Å². The molecule has 2 rings (SSSR count). The third-order valence-electron chi connectivity index (χ3n) is 4.46. The molecule has 0 bridgehead atoms. The normalized spacial score (nSPS) is 18.3. The SMILES string of the molecule is CC1(C)OB(c2ccc(OCCOCCOCC=O)cc2)OC1(C)C. The number of hydrogen-bond acceptors (Lipinski definition) is 6. The molecule has 0 unspecified atom stereocenters. The first-order valence-corrected chi connectivity index (χ1v) is 8.53. The van der Waals surface area contributed by atoms with Crippen LogP contribution in [0.3, 0.4) is 0 Å². The molecular formula is C18H27BO6. The van der Waals surface area contributed by atoms with Crippen LogP contribution in [0.2, 0.25) is 0 Å². The molecule has 1 aliphatic heterocycles. The van der Waals surface area contributed by atoms with Gasteiger partial charge in [0.1, 0.15) is 25.2 Å². The summed E-state index contributed by atoms with van der Waals surface area (Å²) in [5.41, 5.74) is 0.272. The molecule has 1 aromatic carbocycles. The molecule has 0 N–H and O–H groups in total. The van der Waals surface area contributed by atoms with Gasteiger partial charge in [-0.15, -0.1) is 0 Å². The summed E-state index contributed by atoms with van der Waals surface area (Å²) in [6.07, 6.45) is 0.719. The average Bonchev–Trinajstić information content (AvgIpc) is 2.78. The molecule has 0 amide bonds. The molecule has 0 spiro atoms. The van der Waals surface area contributed by atoms with E-state index in [0.29, 0.717) is 26.4 Å². The van der Waals surface area contributed by atoms with Crippen molar-refractivity contribution in [1.29, 1.82) is 0 Å². The molecule has 7 heteroatoms. The van der Waals surface area contributed by atoms with Crippen molar-refractivity contribution < 1.29 is 28.3 Å². The van der Waals surface area contributed by atoms with Crippen molar-refractivity contribution in [1.82, 2.24) is 0 Å². The lowest BCUT2D eigenvalue weighted by Crippen LogP contribution is -2.41. The average molecular weight is 350 g/mol. The van der Waals surface area contributed by atoms with Crippen LogP contribution in [0.5, 0.6) is 5.75 Å². The maximum Gasteiger partial charge on any atom is 0.494 e. The van der Waals surface area contributed by atoms with E-state index in [1.165, 1.54) is 0 Å². The Morgan fingerprint density at radius 3 is 2.08 bits per heavy atom. The van der Waals surface area contributed by atoms with Gasteiger partial charge in [0, 0.05) is 0 Å². The van der Waals surface area contributed by atoms with Gasteiger partial charge in [-0.3, -0.25) is 0 Å². The lowest BCUT2D eigenvalue weighted by Gasteiger charge is -2.32. The minimum atomic E-state index is -0.367. The molecule has 0 atom stereocenters. The van der Waals surface area contributed by atoms with Crippen LogP contribution in [0.15, 0.2) is 24.3 Å². The highest BCUT2D eigenvalue weighted by atomic mass is 16.7. The summed E-state index contributed by atoms with van der Waals surface area (Å²) in [5, 5.41) is 0. The first kappa shape index (κ1) is 19.9. The molecule has 0 radical (unpaired) electrons. The second-order valence-electron chi connectivity index (χ2n) is 6.86. The fourth-order valence-corrected chi connectivity index (χ4v) is 2.27. The first-order chi connectivity index (χ1) is 11.9. The summed E-state index contributed by atoms with van der Waals surface area (Å²) in [5.74, 6) is 0.765. The summed E-state index contributed by atoms with van der Waals surface area (Å²) in [6.45, 7) is 10.0. The molecule has 1 fully saturated rings. The lowest BCUT2D eigenvalue weighted by molar-refractivity contribution is -0.112. The van der Waals surface area contributed by atoms with Crippen molar-refractivity contribution >= 4 is 18.9 Å². The Morgan fingerprint density at radius 2 is 1.48 bits per heavy atom. The third-order valence-corrected chi connectivity index (χ3v) is 4.46. The predicted octanol–water partition coefficient (Wildman–Crippen LogP) is 1.60. The number of carbonyl (C=O) groups excluding carboxylic acids is 1. The number of carbonyl (C=O) groups is 1. The van der Waals surface area contributed by atoms with Crippen molar-refractivity contribution in [3.63, 3.8) is 0 Å². The highest BCUT2D eigenvalue weighted by molar-refractivity contribution is 6.62. The first-order valence-electron chi connectivity index (χ1n) is 8.53. The standard InChI is InChI=1S/C18H27BO6/c1-17(2)18(3,4)25-19(24-17)15-5-7-16(8-6-15)23-14-13-22-12-11-21-10-9-20/h5-9H,10-14H2,1-4H3. The van der Waals surface area contributed by atoms with Gasteiger partial charge in [0.15, 0.2) is 0 Å². The quantitative estimate of drug-likeness (QED) is 0.363. The van der Waals surface area contributed by atoms with Crippen molar-refractivity contribution in [2.45, 2.75) is 38.9 Å². The van der Waals surface area contributed by atoms with E-state index >= 15 is 0 Å². The maximum absolute atomic E-state index is 10.1. The third kappa shape index (κ3) is 5.54. The topological polar surface area (TPSA) is 63.2 Å². The summed E-state index contributed by atoms with van der Waals surface area (Å²) in [6, 6.07) is 7.69. The fourth-order valence-electron chi connectivity index (χ4n) is 2.27. The number of hydrogen-bond donors (Lipinski definition) is 0. The van der Waals surface area contributed by atoms with Gasteiger partial charge in [-0.1, -0.05) is 12.1 Å². The molecule has 138 valence electrons. The monoisotopic (exact) mass is 350 g/mol. The second-order valence-corrected chi connectivity index (χ2v) is 6.86. The molecule has 1 heterocycles. The van der Waals surface area contributed by atoms with Crippen molar-refractivity contribution in [2.75, 3.05) is 33.0 Å². The lowest BCUT2D eigenvalue weighted by atomic mass is 9.79. The van der Waals surface area contributed by atoms with E-state index in [0.717, 1.165) is 17.5 Å². The van der Waals surface area contributed by atoms with Crippen LogP contribution in [0.25, 0.3) is 0 Å². The van der Waals surface area contributed by atoms with Gasteiger partial charge >= 0.3 is 7.12 Å². The minimum absolute atomic E-state index is 0.106. The van der Waals surface area contributed by atoms with Crippen LogP contribution in [0.1, 0.15) is 27.7 Å². The number of rotatable bonds is 10. The zero-order valence-electron chi connectivity index (χ0n) is 15.4. The van der Waals surface area contributed by atoms with E-state index in [9.17, 15) is 4.79 Å². The zero-order chi connectivity index (χ0) is 18.3. The highest BCUT2D eigenvalue weighted by Crippen LogP contribution is 2.36. The summed E-state index contributed by atoms with van der Waals surface area (Å²) < 4.78 is 28.0. The number of aldehydes is 1. The van der Waals surface area contributed by atoms with E-state index < -0.39 is 0 Å². The molecule has 6 nitrogen and oxygen atoms in total. The second kappa shape index (κ2) is 8.80. The van der Waals surface area contributed by atoms with E-state index in [4.69, 9.17) is 23.5 Å². The van der Waals surface area contributed by atoms with E-state index in [2.05, 4.69) is 0 Å². The Kier molecular flexibility index (Phi) is 7.01. The molecule has 1 saturated heterocycles. The Hall–Kier alpha value is -1.41. The van der Waals surface area contributed by atoms with Crippen LogP contribution in [0, 0.1) is 0 Å². The Balaban J connectivity index is 1.71. The Labute approximate surface area is 149 Å². The highest BCUT2D eigenvalue weighted by Gasteiger charge is 2.51. The predicted molar refractivity (Wildman–Crippen MR) is 95.4 cm³/mol. The van der Waals surface area contributed by atoms with Crippen molar-refractivity contribution in [3.05, 3.63) is 24.3 Å². The van der Waals surface area contributed by atoms with Gasteiger partial charge in [0.25, 0.3) is 0 Å². The van der Waals surface area contributed by atoms with Crippen molar-refractivity contribution in [3.8, 4) is 5.75 Å². The summed E-state index contributed by atoms with van der Waals surface area (Å²) >= 11 is 0. The molecule has 1 aromatic rings. The molecular weight excluding hydrogens is 323 g/mol. The van der Waals surface area contributed by atoms with Crippen LogP contribution in [0.4, 0.5) is 0 Å². The van der Waals surface area contributed by atoms with E-state index in [1.54, 1.807) is 0 Å². The Bertz CT molecular complexity index is 527. The number of benzene rings is 1. The van der Waals surface area contributed by atoms with Gasteiger partial charge < -0.3 is 28.3 Å². The zero-order valence-corrected chi connectivity index (χ0v) is 15.4. The van der Waals surface area contributed by atoms with Crippen LogP contribution in [-0.4, -0.2) is 57.6 Å². The summed E-state index contributed by atoms with van der Waals surface area (Å²) in [4.78, 5) is 10.1. The largest absolute Gasteiger partial charge is 0.494 e. The van der Waals surface area contributed by atoms with Crippen LogP contribution >= 0.6 is 0 Å². The van der Waals surface area contributed by atoms with E-state index in [-0.39, 0.29) is 24.9 Å². The van der Waals surface area contributed by atoms with Gasteiger partial charge in [-0.2, -0.15) is 0 Å². The van der Waals surface area contributed by atoms with Gasteiger partial charge in [0.2, 0.25) is 0 Å². The maximum atomic E-state index is 10.1. The van der Waals surface area contributed by atoms with Crippen LogP contribution < -0.4 is 10.2 Å². The van der Waals surface area contributed by atoms with Gasteiger partial charge in [-0.25, -0.2) is 0 Å². The number of ether oxygens (including phenoxy) is 3. The summed E-state index contributed by atoms with van der Waals surface area (Å²) in [7, 11) is -0.367.